The Hall–Kier alpha value is -3.75. The highest BCUT2D eigenvalue weighted by atomic mass is 35.5. The summed E-state index contributed by atoms with van der Waals surface area (Å²) in [7, 11) is 3.86. The summed E-state index contributed by atoms with van der Waals surface area (Å²) in [6, 6.07) is 13.9. The average Bonchev–Trinajstić information content (AvgIpc) is 3.64. The highest BCUT2D eigenvalue weighted by Crippen LogP contribution is 2.33. The van der Waals surface area contributed by atoms with Gasteiger partial charge in [-0.2, -0.15) is 5.10 Å². The molecule has 2 heterocycles. The van der Waals surface area contributed by atoms with E-state index < -0.39 is 0 Å². The Balaban J connectivity index is 1.50. The first-order chi connectivity index (χ1) is 17.3. The van der Waals surface area contributed by atoms with Crippen LogP contribution >= 0.6 is 11.6 Å². The molecule has 8 nitrogen and oxygen atoms in total. The lowest BCUT2D eigenvalue weighted by Gasteiger charge is -2.18. The Labute approximate surface area is 215 Å². The van der Waals surface area contributed by atoms with E-state index in [9.17, 15) is 4.79 Å². The molecule has 184 valence electrons. The number of hydrogen-bond donors (Lipinski definition) is 1. The van der Waals surface area contributed by atoms with Gasteiger partial charge in [0.1, 0.15) is 17.8 Å². The minimum absolute atomic E-state index is 0.0884. The maximum atomic E-state index is 12.9. The molecule has 0 aliphatic heterocycles. The van der Waals surface area contributed by atoms with Gasteiger partial charge in [-0.15, -0.1) is 0 Å². The van der Waals surface area contributed by atoms with Crippen LogP contribution in [0, 0.1) is 6.92 Å². The number of amides is 1. The number of anilines is 2. The van der Waals surface area contributed by atoms with Crippen LogP contribution in [-0.2, 0) is 4.79 Å². The molecule has 1 aliphatic carbocycles. The van der Waals surface area contributed by atoms with E-state index in [0.29, 0.717) is 33.6 Å². The third-order valence-electron chi connectivity index (χ3n) is 6.45. The normalized spacial score (nSPS) is 13.7. The number of nitrogen functional groups attached to an aromatic ring is 1. The highest BCUT2D eigenvalue weighted by molar-refractivity contribution is 6.30. The summed E-state index contributed by atoms with van der Waals surface area (Å²) in [4.78, 5) is 25.5. The van der Waals surface area contributed by atoms with Crippen molar-refractivity contribution in [1.29, 1.82) is 0 Å². The van der Waals surface area contributed by atoms with Crippen LogP contribution in [-0.4, -0.2) is 57.2 Å². The zero-order valence-electron chi connectivity index (χ0n) is 20.5. The van der Waals surface area contributed by atoms with E-state index in [-0.39, 0.29) is 5.91 Å². The van der Waals surface area contributed by atoms with Gasteiger partial charge in [0.2, 0.25) is 5.91 Å². The monoisotopic (exact) mass is 501 g/mol. The summed E-state index contributed by atoms with van der Waals surface area (Å²) in [6.07, 6.45) is 7.46. The molecule has 2 N–H and O–H groups in total. The molecule has 0 spiro atoms. The lowest BCUT2D eigenvalue weighted by molar-refractivity contribution is -0.113. The summed E-state index contributed by atoms with van der Waals surface area (Å²) >= 11 is 6.09. The summed E-state index contributed by atoms with van der Waals surface area (Å²) in [5.74, 6) is 0.257. The summed E-state index contributed by atoms with van der Waals surface area (Å²) in [6.45, 7) is 2.75. The molecule has 0 unspecified atom stereocenters. The van der Waals surface area contributed by atoms with Crippen LogP contribution in [0.5, 0.6) is 0 Å². The predicted octanol–water partition coefficient (Wildman–Crippen LogP) is 4.64. The van der Waals surface area contributed by atoms with Gasteiger partial charge in [-0.05, 0) is 62.7 Å². The van der Waals surface area contributed by atoms with Gasteiger partial charge in [0.15, 0.2) is 5.65 Å². The Kier molecular flexibility index (Phi) is 6.47. The summed E-state index contributed by atoms with van der Waals surface area (Å²) in [5.41, 5.74) is 10.9. The largest absolute Gasteiger partial charge is 0.383 e. The molecule has 1 aliphatic rings. The molecule has 0 bridgehead atoms. The van der Waals surface area contributed by atoms with E-state index >= 15 is 0 Å². The maximum absolute atomic E-state index is 12.9. The number of likely N-dealkylation sites (N-methyl/N-ethyl adjacent to an activating group) is 2. The molecule has 1 saturated carbocycles. The third kappa shape index (κ3) is 4.82. The van der Waals surface area contributed by atoms with Crippen LogP contribution in [0.2, 0.25) is 5.02 Å². The molecule has 1 fully saturated rings. The van der Waals surface area contributed by atoms with Crippen LogP contribution in [0.4, 0.5) is 11.5 Å². The van der Waals surface area contributed by atoms with Crippen molar-refractivity contribution in [3.05, 3.63) is 71.5 Å². The molecule has 9 heteroatoms. The fraction of sp³-hybridized carbons (Fsp3) is 0.259. The number of nitrogens with two attached hydrogens (primary N) is 1. The standard InChI is InChI=1S/C27H28ClN7O/c1-17-13-21(34(3)23(36)5-4-12-33(2)20-10-11-20)15-22(14-17)35-27-24(26(29)30-16-31-27)25(32-35)18-6-8-19(28)9-7-18/h4-9,13-16,20H,10-12H2,1-3H3,(H2,29,30,31). The predicted molar refractivity (Wildman–Crippen MR) is 144 cm³/mol. The summed E-state index contributed by atoms with van der Waals surface area (Å²) < 4.78 is 1.74. The molecule has 36 heavy (non-hydrogen) atoms. The van der Waals surface area contributed by atoms with Crippen molar-refractivity contribution in [1.82, 2.24) is 24.6 Å². The number of carbonyl (C=O) groups is 1. The van der Waals surface area contributed by atoms with Crippen molar-refractivity contribution in [2.45, 2.75) is 25.8 Å². The van der Waals surface area contributed by atoms with Crippen LogP contribution in [0.1, 0.15) is 18.4 Å². The molecule has 4 aromatic rings. The van der Waals surface area contributed by atoms with Crippen molar-refractivity contribution in [3.63, 3.8) is 0 Å². The van der Waals surface area contributed by atoms with Crippen LogP contribution < -0.4 is 10.6 Å². The second-order valence-electron chi connectivity index (χ2n) is 9.22. The lowest BCUT2D eigenvalue weighted by atomic mass is 10.1. The minimum atomic E-state index is -0.0884. The lowest BCUT2D eigenvalue weighted by Crippen LogP contribution is -2.25. The number of fused-ring (bicyclic) bond motifs is 1. The highest BCUT2D eigenvalue weighted by Gasteiger charge is 2.25. The number of aryl methyl sites for hydroxylation is 1. The van der Waals surface area contributed by atoms with Crippen LogP contribution in [0.25, 0.3) is 28.0 Å². The number of benzene rings is 2. The number of hydrogen-bond acceptors (Lipinski definition) is 6. The fourth-order valence-corrected chi connectivity index (χ4v) is 4.37. The van der Waals surface area contributed by atoms with Gasteiger partial charge in [0, 0.05) is 42.0 Å². The minimum Gasteiger partial charge on any atom is -0.383 e. The first kappa shape index (κ1) is 24.0. The van der Waals surface area contributed by atoms with Gasteiger partial charge >= 0.3 is 0 Å². The second kappa shape index (κ2) is 9.72. The molecule has 0 atom stereocenters. The van der Waals surface area contributed by atoms with E-state index in [1.807, 2.05) is 55.5 Å². The van der Waals surface area contributed by atoms with E-state index in [1.54, 1.807) is 22.7 Å². The third-order valence-corrected chi connectivity index (χ3v) is 6.70. The van der Waals surface area contributed by atoms with Gasteiger partial charge in [0.25, 0.3) is 0 Å². The van der Waals surface area contributed by atoms with Gasteiger partial charge < -0.3 is 10.6 Å². The van der Waals surface area contributed by atoms with Crippen LogP contribution in [0.15, 0.2) is 60.9 Å². The SMILES string of the molecule is Cc1cc(N(C)C(=O)C=CCN(C)C2CC2)cc(-n2nc(-c3ccc(Cl)cc3)c3c(N)ncnc32)c1. The quantitative estimate of drug-likeness (QED) is 0.371. The zero-order chi connectivity index (χ0) is 25.4. The Morgan fingerprint density at radius 2 is 1.92 bits per heavy atom. The number of halogens is 1. The van der Waals surface area contributed by atoms with Crippen molar-refractivity contribution in [3.8, 4) is 16.9 Å². The molecule has 0 saturated heterocycles. The van der Waals surface area contributed by atoms with E-state index in [2.05, 4.69) is 21.9 Å². The van der Waals surface area contributed by atoms with Gasteiger partial charge in [0.05, 0.1) is 11.1 Å². The fourth-order valence-electron chi connectivity index (χ4n) is 4.25. The Morgan fingerprint density at radius 1 is 1.17 bits per heavy atom. The topological polar surface area (TPSA) is 93.2 Å². The molecular formula is C27H28ClN7O. The summed E-state index contributed by atoms with van der Waals surface area (Å²) in [5, 5.41) is 6.16. The van der Waals surface area contributed by atoms with Crippen molar-refractivity contribution in [2.75, 3.05) is 31.3 Å². The molecule has 2 aromatic carbocycles. The second-order valence-corrected chi connectivity index (χ2v) is 9.66. The number of nitrogens with zero attached hydrogens (tertiary/aromatic N) is 6. The first-order valence-electron chi connectivity index (χ1n) is 11.8. The van der Waals surface area contributed by atoms with Crippen LogP contribution in [0.3, 0.4) is 0 Å². The number of rotatable bonds is 7. The van der Waals surface area contributed by atoms with Gasteiger partial charge in [-0.1, -0.05) is 29.8 Å². The van der Waals surface area contributed by atoms with E-state index in [0.717, 1.165) is 29.0 Å². The molecule has 1 amide bonds. The molecule has 2 aromatic heterocycles. The van der Waals surface area contributed by atoms with Gasteiger partial charge in [-0.25, -0.2) is 14.6 Å². The number of aromatic nitrogens is 4. The zero-order valence-corrected chi connectivity index (χ0v) is 21.3. The molecule has 5 rings (SSSR count). The molecular weight excluding hydrogens is 474 g/mol. The van der Waals surface area contributed by atoms with Gasteiger partial charge in [-0.3, -0.25) is 9.69 Å². The van der Waals surface area contributed by atoms with Crippen molar-refractivity contribution < 1.29 is 4.79 Å². The number of carbonyl (C=O) groups excluding carboxylic acids is 1. The first-order valence-corrected chi connectivity index (χ1v) is 12.2. The average molecular weight is 502 g/mol. The Morgan fingerprint density at radius 3 is 2.64 bits per heavy atom. The van der Waals surface area contributed by atoms with Crippen molar-refractivity contribution >= 4 is 40.0 Å². The van der Waals surface area contributed by atoms with E-state index in [4.69, 9.17) is 22.4 Å². The Bertz CT molecular complexity index is 1460. The van der Waals surface area contributed by atoms with Crippen molar-refractivity contribution in [2.24, 2.45) is 0 Å². The smallest absolute Gasteiger partial charge is 0.250 e. The maximum Gasteiger partial charge on any atom is 0.250 e. The van der Waals surface area contributed by atoms with E-state index in [1.165, 1.54) is 19.2 Å². The molecule has 0 radical (unpaired) electrons.